The molecule has 0 saturated carbocycles. The van der Waals surface area contributed by atoms with E-state index in [9.17, 15) is 18.0 Å². The first-order valence-electron chi connectivity index (χ1n) is 8.00. The first-order valence-corrected chi connectivity index (χ1v) is 9.44. The van der Waals surface area contributed by atoms with Crippen LogP contribution in [0.5, 0.6) is 0 Å². The zero-order valence-corrected chi connectivity index (χ0v) is 15.5. The summed E-state index contributed by atoms with van der Waals surface area (Å²) in [6.45, 7) is 1.67. The number of carbonyl (C=O) groups excluding carboxylic acids is 2. The molecule has 8 heteroatoms. The standard InChI is InChI=1S/C19H17NO6S/c1-13-3-9-17(10-4-13)27(23,24)20-16(12-26-19(20)22)11-14-5-7-15(8-6-14)18(21)25-2/h3-11H,12H2,1-2H3/b16-11+. The lowest BCUT2D eigenvalue weighted by molar-refractivity contribution is 0.0600. The fraction of sp³-hybridized carbons (Fsp3) is 0.158. The Hall–Kier alpha value is -3.13. The van der Waals surface area contributed by atoms with E-state index in [1.165, 1.54) is 25.3 Å². The van der Waals surface area contributed by atoms with Crippen LogP contribution in [-0.4, -0.2) is 38.5 Å². The smallest absolute Gasteiger partial charge is 0.428 e. The highest BCUT2D eigenvalue weighted by Crippen LogP contribution is 2.27. The van der Waals surface area contributed by atoms with E-state index in [1.54, 1.807) is 36.4 Å². The number of rotatable bonds is 4. The fourth-order valence-corrected chi connectivity index (χ4v) is 3.92. The first-order chi connectivity index (χ1) is 12.8. The van der Waals surface area contributed by atoms with Gasteiger partial charge in [-0.25, -0.2) is 18.0 Å². The Morgan fingerprint density at radius 1 is 1.11 bits per heavy atom. The molecule has 1 aliphatic heterocycles. The summed E-state index contributed by atoms with van der Waals surface area (Å²) in [5, 5.41) is 0. The third-order valence-electron chi connectivity index (χ3n) is 3.99. The Morgan fingerprint density at radius 3 is 2.33 bits per heavy atom. The maximum atomic E-state index is 12.9. The summed E-state index contributed by atoms with van der Waals surface area (Å²) in [4.78, 5) is 23.6. The second-order valence-corrected chi connectivity index (χ2v) is 7.67. The van der Waals surface area contributed by atoms with Crippen LogP contribution in [0.4, 0.5) is 4.79 Å². The van der Waals surface area contributed by atoms with E-state index in [2.05, 4.69) is 4.74 Å². The molecule has 0 N–H and O–H groups in total. The number of benzene rings is 2. The molecule has 0 bridgehead atoms. The Labute approximate surface area is 156 Å². The fourth-order valence-electron chi connectivity index (χ4n) is 2.56. The van der Waals surface area contributed by atoms with Crippen LogP contribution in [0.25, 0.3) is 6.08 Å². The molecule has 0 aliphatic carbocycles. The van der Waals surface area contributed by atoms with Crippen LogP contribution >= 0.6 is 0 Å². The van der Waals surface area contributed by atoms with Crippen LogP contribution in [-0.2, 0) is 19.5 Å². The van der Waals surface area contributed by atoms with Gasteiger partial charge in [0.15, 0.2) is 0 Å². The summed E-state index contributed by atoms with van der Waals surface area (Å²) in [5.74, 6) is -0.475. The molecule has 140 valence electrons. The van der Waals surface area contributed by atoms with E-state index < -0.39 is 22.1 Å². The minimum atomic E-state index is -4.08. The number of methoxy groups -OCH3 is 1. The lowest BCUT2D eigenvalue weighted by atomic mass is 10.1. The molecule has 0 aromatic heterocycles. The molecule has 1 saturated heterocycles. The number of ether oxygens (including phenoxy) is 2. The summed E-state index contributed by atoms with van der Waals surface area (Å²) in [6, 6.07) is 12.5. The first kappa shape index (κ1) is 18.7. The average molecular weight is 387 g/mol. The van der Waals surface area contributed by atoms with Crippen molar-refractivity contribution in [3.8, 4) is 0 Å². The van der Waals surface area contributed by atoms with Gasteiger partial charge in [0.05, 0.1) is 23.3 Å². The van der Waals surface area contributed by atoms with E-state index in [0.717, 1.165) is 5.56 Å². The molecule has 1 amide bonds. The molecular formula is C19H17NO6S. The second kappa shape index (κ2) is 7.24. The van der Waals surface area contributed by atoms with E-state index in [1.807, 2.05) is 6.92 Å². The minimum absolute atomic E-state index is 0.00103. The summed E-state index contributed by atoms with van der Waals surface area (Å²) < 4.78 is 35.9. The van der Waals surface area contributed by atoms with E-state index in [4.69, 9.17) is 4.74 Å². The molecule has 0 unspecified atom stereocenters. The Kier molecular flexibility index (Phi) is 5.00. The second-order valence-electron chi connectivity index (χ2n) is 5.89. The quantitative estimate of drug-likeness (QED) is 0.749. The van der Waals surface area contributed by atoms with E-state index in [0.29, 0.717) is 15.4 Å². The van der Waals surface area contributed by atoms with Gasteiger partial charge < -0.3 is 9.47 Å². The molecule has 0 radical (unpaired) electrons. The van der Waals surface area contributed by atoms with Gasteiger partial charge in [-0.05, 0) is 42.8 Å². The summed E-state index contributed by atoms with van der Waals surface area (Å²) in [7, 11) is -2.80. The van der Waals surface area contributed by atoms with Crippen LogP contribution in [0.15, 0.2) is 59.1 Å². The van der Waals surface area contributed by atoms with Gasteiger partial charge in [-0.2, -0.15) is 4.31 Å². The van der Waals surface area contributed by atoms with Crippen LogP contribution in [0.3, 0.4) is 0 Å². The molecule has 1 fully saturated rings. The molecule has 1 aliphatic rings. The van der Waals surface area contributed by atoms with Crippen molar-refractivity contribution in [3.05, 3.63) is 70.9 Å². The number of carbonyl (C=O) groups is 2. The third kappa shape index (κ3) is 3.70. The highest BCUT2D eigenvalue weighted by molar-refractivity contribution is 7.89. The number of nitrogens with zero attached hydrogens (tertiary/aromatic N) is 1. The van der Waals surface area contributed by atoms with Crippen LogP contribution in [0, 0.1) is 6.92 Å². The van der Waals surface area contributed by atoms with Crippen molar-refractivity contribution in [2.75, 3.05) is 13.7 Å². The Morgan fingerprint density at radius 2 is 1.74 bits per heavy atom. The number of cyclic esters (lactones) is 1. The van der Waals surface area contributed by atoms with Gasteiger partial charge in [-0.15, -0.1) is 0 Å². The molecule has 2 aromatic carbocycles. The van der Waals surface area contributed by atoms with Gasteiger partial charge in [0.25, 0.3) is 10.0 Å². The maximum Gasteiger partial charge on any atom is 0.428 e. The number of aryl methyl sites for hydroxylation is 1. The lowest BCUT2D eigenvalue weighted by Crippen LogP contribution is -2.30. The van der Waals surface area contributed by atoms with Crippen molar-refractivity contribution in [1.82, 2.24) is 4.31 Å². The largest absolute Gasteiger partial charge is 0.465 e. The number of sulfonamides is 1. The minimum Gasteiger partial charge on any atom is -0.465 e. The molecular weight excluding hydrogens is 370 g/mol. The van der Waals surface area contributed by atoms with Crippen molar-refractivity contribution < 1.29 is 27.5 Å². The third-order valence-corrected chi connectivity index (χ3v) is 5.73. The highest BCUT2D eigenvalue weighted by Gasteiger charge is 2.39. The topological polar surface area (TPSA) is 90.0 Å². The van der Waals surface area contributed by atoms with Crippen molar-refractivity contribution in [3.63, 3.8) is 0 Å². The van der Waals surface area contributed by atoms with Gasteiger partial charge in [-0.3, -0.25) is 0 Å². The van der Waals surface area contributed by atoms with Gasteiger partial charge in [0.1, 0.15) is 6.61 Å². The molecule has 2 aromatic rings. The summed E-state index contributed by atoms with van der Waals surface area (Å²) in [6.07, 6.45) is 0.575. The van der Waals surface area contributed by atoms with Gasteiger partial charge in [-0.1, -0.05) is 29.8 Å². The van der Waals surface area contributed by atoms with Gasteiger partial charge in [0, 0.05) is 0 Å². The van der Waals surface area contributed by atoms with Gasteiger partial charge in [0.2, 0.25) is 0 Å². The summed E-state index contributed by atoms with van der Waals surface area (Å²) >= 11 is 0. The maximum absolute atomic E-state index is 12.9. The highest BCUT2D eigenvalue weighted by atomic mass is 32.2. The predicted octanol–water partition coefficient (Wildman–Crippen LogP) is 2.96. The SMILES string of the molecule is COC(=O)c1ccc(/C=C2\COC(=O)N2S(=O)(=O)c2ccc(C)cc2)cc1. The van der Waals surface area contributed by atoms with Crippen molar-refractivity contribution in [1.29, 1.82) is 0 Å². The zero-order valence-electron chi connectivity index (χ0n) is 14.7. The predicted molar refractivity (Wildman–Crippen MR) is 97.3 cm³/mol. The normalized spacial score (nSPS) is 15.7. The molecule has 7 nitrogen and oxygen atoms in total. The van der Waals surface area contributed by atoms with E-state index in [-0.39, 0.29) is 17.2 Å². The van der Waals surface area contributed by atoms with Crippen molar-refractivity contribution in [2.45, 2.75) is 11.8 Å². The van der Waals surface area contributed by atoms with Crippen molar-refractivity contribution >= 4 is 28.2 Å². The molecule has 27 heavy (non-hydrogen) atoms. The monoisotopic (exact) mass is 387 g/mol. The zero-order chi connectivity index (χ0) is 19.6. The van der Waals surface area contributed by atoms with Crippen molar-refractivity contribution in [2.24, 2.45) is 0 Å². The number of amides is 1. The molecule has 3 rings (SSSR count). The Balaban J connectivity index is 1.95. The van der Waals surface area contributed by atoms with Crippen LogP contribution in [0.2, 0.25) is 0 Å². The number of hydrogen-bond donors (Lipinski definition) is 0. The van der Waals surface area contributed by atoms with E-state index >= 15 is 0 Å². The summed E-state index contributed by atoms with van der Waals surface area (Å²) in [5.41, 5.74) is 2.06. The molecule has 1 heterocycles. The van der Waals surface area contributed by atoms with Crippen LogP contribution < -0.4 is 0 Å². The number of esters is 1. The molecule has 0 spiro atoms. The lowest BCUT2D eigenvalue weighted by Gasteiger charge is -2.15. The van der Waals surface area contributed by atoms with Crippen LogP contribution in [0.1, 0.15) is 21.5 Å². The molecule has 0 atom stereocenters. The Bertz CT molecular complexity index is 1010. The number of hydrogen-bond acceptors (Lipinski definition) is 6. The van der Waals surface area contributed by atoms with Gasteiger partial charge >= 0.3 is 12.1 Å². The average Bonchev–Trinajstić information content (AvgIpc) is 3.03.